The van der Waals surface area contributed by atoms with Gasteiger partial charge in [0.05, 0.1) is 12.3 Å². The van der Waals surface area contributed by atoms with Crippen LogP contribution in [0.4, 0.5) is 0 Å². The van der Waals surface area contributed by atoms with Crippen molar-refractivity contribution in [3.63, 3.8) is 0 Å². The second-order valence-corrected chi connectivity index (χ2v) is 4.85. The summed E-state index contributed by atoms with van der Waals surface area (Å²) in [5, 5.41) is 3.08. The lowest BCUT2D eigenvalue weighted by Gasteiger charge is -2.04. The molecule has 0 bridgehead atoms. The van der Waals surface area contributed by atoms with Gasteiger partial charge in [-0.2, -0.15) is 12.6 Å². The first kappa shape index (κ1) is 12.5. The molecule has 0 aliphatic carbocycles. The van der Waals surface area contributed by atoms with Gasteiger partial charge in [-0.1, -0.05) is 6.92 Å². The molecule has 90 valence electrons. The molecule has 0 aliphatic rings. The van der Waals surface area contributed by atoms with Crippen molar-refractivity contribution in [3.8, 4) is 16.3 Å². The van der Waals surface area contributed by atoms with E-state index in [0.29, 0.717) is 5.75 Å². The van der Waals surface area contributed by atoms with Crippen molar-refractivity contribution in [2.75, 3.05) is 6.61 Å². The molecule has 2 aromatic rings. The molecule has 0 fully saturated rings. The van der Waals surface area contributed by atoms with E-state index in [9.17, 15) is 0 Å². The summed E-state index contributed by atoms with van der Waals surface area (Å²) in [5.74, 6) is 1.61. The van der Waals surface area contributed by atoms with Crippen LogP contribution in [0.2, 0.25) is 0 Å². The van der Waals surface area contributed by atoms with Gasteiger partial charge >= 0.3 is 0 Å². The number of benzene rings is 1. The Kier molecular flexibility index (Phi) is 4.45. The molecule has 1 heterocycles. The van der Waals surface area contributed by atoms with Gasteiger partial charge in [0.25, 0.3) is 0 Å². The minimum absolute atomic E-state index is 0.689. The maximum absolute atomic E-state index is 5.54. The second-order valence-electron chi connectivity index (χ2n) is 3.67. The van der Waals surface area contributed by atoms with E-state index in [1.165, 1.54) is 0 Å². The van der Waals surface area contributed by atoms with Gasteiger partial charge in [0, 0.05) is 16.7 Å². The molecule has 0 aliphatic heterocycles. The third kappa shape index (κ3) is 3.23. The van der Waals surface area contributed by atoms with Crippen LogP contribution in [-0.4, -0.2) is 11.6 Å². The van der Waals surface area contributed by atoms with Crippen LogP contribution in [0.1, 0.15) is 19.0 Å². The standard InChI is InChI=1S/C13H15NOS2/c1-2-7-15-12-5-3-10(4-6-12)13-14-11(8-16)9-17-13/h3-6,9,16H,2,7-8H2,1H3. The molecule has 0 atom stereocenters. The third-order valence-electron chi connectivity index (χ3n) is 2.29. The Hall–Kier alpha value is -1.00. The molecule has 4 heteroatoms. The fourth-order valence-electron chi connectivity index (χ4n) is 1.43. The molecule has 0 radical (unpaired) electrons. The summed E-state index contributed by atoms with van der Waals surface area (Å²) in [4.78, 5) is 4.49. The van der Waals surface area contributed by atoms with Crippen molar-refractivity contribution >= 4 is 24.0 Å². The maximum Gasteiger partial charge on any atom is 0.123 e. The van der Waals surface area contributed by atoms with Gasteiger partial charge in [0.1, 0.15) is 10.8 Å². The van der Waals surface area contributed by atoms with Crippen molar-refractivity contribution in [1.82, 2.24) is 4.98 Å². The Labute approximate surface area is 111 Å². The molecule has 0 saturated carbocycles. The Bertz CT molecular complexity index is 465. The zero-order chi connectivity index (χ0) is 12.1. The molecule has 0 amide bonds. The first-order valence-corrected chi connectivity index (χ1v) is 7.13. The lowest BCUT2D eigenvalue weighted by molar-refractivity contribution is 0.317. The highest BCUT2D eigenvalue weighted by atomic mass is 32.1. The largest absolute Gasteiger partial charge is 0.494 e. The minimum atomic E-state index is 0.689. The fraction of sp³-hybridized carbons (Fsp3) is 0.308. The van der Waals surface area contributed by atoms with E-state index in [4.69, 9.17) is 4.74 Å². The average Bonchev–Trinajstić information content (AvgIpc) is 2.86. The Morgan fingerprint density at radius 2 is 2.06 bits per heavy atom. The van der Waals surface area contributed by atoms with Crippen LogP contribution >= 0.6 is 24.0 Å². The minimum Gasteiger partial charge on any atom is -0.494 e. The number of nitrogens with zero attached hydrogens (tertiary/aromatic N) is 1. The second kappa shape index (κ2) is 6.07. The van der Waals surface area contributed by atoms with Crippen molar-refractivity contribution in [3.05, 3.63) is 35.3 Å². The summed E-state index contributed by atoms with van der Waals surface area (Å²) < 4.78 is 5.54. The third-order valence-corrected chi connectivity index (χ3v) is 3.55. The molecule has 0 spiro atoms. The molecule has 1 aromatic carbocycles. The normalized spacial score (nSPS) is 10.5. The molecule has 2 nitrogen and oxygen atoms in total. The average molecular weight is 265 g/mol. The summed E-state index contributed by atoms with van der Waals surface area (Å²) in [6, 6.07) is 8.08. The number of ether oxygens (including phenoxy) is 1. The Balaban J connectivity index is 2.11. The van der Waals surface area contributed by atoms with E-state index in [2.05, 4.69) is 24.5 Å². The number of thiol groups is 1. The van der Waals surface area contributed by atoms with E-state index in [-0.39, 0.29) is 0 Å². The van der Waals surface area contributed by atoms with Crippen molar-refractivity contribution in [1.29, 1.82) is 0 Å². The van der Waals surface area contributed by atoms with Crippen LogP contribution in [0.5, 0.6) is 5.75 Å². The van der Waals surface area contributed by atoms with Crippen molar-refractivity contribution < 1.29 is 4.74 Å². The van der Waals surface area contributed by atoms with Crippen molar-refractivity contribution in [2.45, 2.75) is 19.1 Å². The van der Waals surface area contributed by atoms with E-state index < -0.39 is 0 Å². The van der Waals surface area contributed by atoms with Crippen LogP contribution < -0.4 is 4.74 Å². The van der Waals surface area contributed by atoms with Crippen LogP contribution in [-0.2, 0) is 5.75 Å². The molecular formula is C13H15NOS2. The van der Waals surface area contributed by atoms with Crippen LogP contribution in [0.3, 0.4) is 0 Å². The van der Waals surface area contributed by atoms with E-state index >= 15 is 0 Å². The highest BCUT2D eigenvalue weighted by molar-refractivity contribution is 7.79. The predicted octanol–water partition coefficient (Wildman–Crippen LogP) is 4.03. The lowest BCUT2D eigenvalue weighted by Crippen LogP contribution is -1.94. The predicted molar refractivity (Wildman–Crippen MR) is 76.0 cm³/mol. The highest BCUT2D eigenvalue weighted by Gasteiger charge is 2.03. The van der Waals surface area contributed by atoms with E-state index in [0.717, 1.165) is 35.0 Å². The fourth-order valence-corrected chi connectivity index (χ4v) is 2.54. The maximum atomic E-state index is 5.54. The number of aromatic nitrogens is 1. The summed E-state index contributed by atoms with van der Waals surface area (Å²) in [5.41, 5.74) is 2.16. The summed E-state index contributed by atoms with van der Waals surface area (Å²) in [6.07, 6.45) is 1.03. The lowest BCUT2D eigenvalue weighted by atomic mass is 10.2. The van der Waals surface area contributed by atoms with Gasteiger partial charge in [-0.25, -0.2) is 4.98 Å². The topological polar surface area (TPSA) is 22.1 Å². The highest BCUT2D eigenvalue weighted by Crippen LogP contribution is 2.26. The number of hydrogen-bond acceptors (Lipinski definition) is 4. The molecule has 17 heavy (non-hydrogen) atoms. The molecule has 0 N–H and O–H groups in total. The Morgan fingerprint density at radius 1 is 1.29 bits per heavy atom. The van der Waals surface area contributed by atoms with Gasteiger partial charge in [0.2, 0.25) is 0 Å². The molecule has 2 rings (SSSR count). The van der Waals surface area contributed by atoms with Gasteiger partial charge in [0.15, 0.2) is 0 Å². The zero-order valence-electron chi connectivity index (χ0n) is 9.72. The molecule has 0 unspecified atom stereocenters. The number of hydrogen-bond donors (Lipinski definition) is 1. The number of rotatable bonds is 5. The zero-order valence-corrected chi connectivity index (χ0v) is 11.4. The van der Waals surface area contributed by atoms with Crippen molar-refractivity contribution in [2.24, 2.45) is 0 Å². The smallest absolute Gasteiger partial charge is 0.123 e. The quantitative estimate of drug-likeness (QED) is 0.825. The molecular weight excluding hydrogens is 250 g/mol. The van der Waals surface area contributed by atoms with E-state index in [1.54, 1.807) is 11.3 Å². The summed E-state index contributed by atoms with van der Waals surface area (Å²) in [7, 11) is 0. The van der Waals surface area contributed by atoms with Gasteiger partial charge in [-0.15, -0.1) is 11.3 Å². The molecule has 1 aromatic heterocycles. The van der Waals surface area contributed by atoms with Crippen LogP contribution in [0, 0.1) is 0 Å². The van der Waals surface area contributed by atoms with Crippen LogP contribution in [0.15, 0.2) is 29.6 Å². The van der Waals surface area contributed by atoms with Gasteiger partial charge < -0.3 is 4.74 Å². The van der Waals surface area contributed by atoms with E-state index in [1.807, 2.05) is 29.6 Å². The SMILES string of the molecule is CCCOc1ccc(-c2nc(CS)cs2)cc1. The monoisotopic (exact) mass is 265 g/mol. The van der Waals surface area contributed by atoms with Gasteiger partial charge in [-0.3, -0.25) is 0 Å². The first-order chi connectivity index (χ1) is 8.33. The molecule has 0 saturated heterocycles. The van der Waals surface area contributed by atoms with Gasteiger partial charge in [-0.05, 0) is 30.7 Å². The Morgan fingerprint density at radius 3 is 2.65 bits per heavy atom. The summed E-state index contributed by atoms with van der Waals surface area (Å²) >= 11 is 5.86. The first-order valence-electron chi connectivity index (χ1n) is 5.62. The summed E-state index contributed by atoms with van der Waals surface area (Å²) in [6.45, 7) is 2.86. The number of thiazole rings is 1. The van der Waals surface area contributed by atoms with Crippen LogP contribution in [0.25, 0.3) is 10.6 Å².